The fourth-order valence-corrected chi connectivity index (χ4v) is 1.48. The Kier molecular flexibility index (Phi) is 5.31. The Morgan fingerprint density at radius 1 is 1.33 bits per heavy atom. The zero-order valence-corrected chi connectivity index (χ0v) is 11.1. The minimum Gasteiger partial charge on any atom is -0.292 e. The number of nitrogens with zero attached hydrogens (tertiary/aromatic N) is 2. The molecular formula is C11H15N3O3S. The Bertz CT molecular complexity index is 504. The molecule has 0 fully saturated rings. The van der Waals surface area contributed by atoms with E-state index in [0.717, 1.165) is 4.31 Å². The van der Waals surface area contributed by atoms with Gasteiger partial charge in [-0.25, -0.2) is 12.7 Å². The number of hydrogen-bond donors (Lipinski definition) is 2. The Morgan fingerprint density at radius 2 is 1.94 bits per heavy atom. The average Bonchev–Trinajstić information content (AvgIpc) is 2.38. The Morgan fingerprint density at radius 3 is 2.44 bits per heavy atom. The molecule has 0 radical (unpaired) electrons. The molecule has 7 heteroatoms. The molecule has 0 atom stereocenters. The van der Waals surface area contributed by atoms with Crippen molar-refractivity contribution in [3.8, 4) is 0 Å². The number of guanidine groups is 1. The van der Waals surface area contributed by atoms with Crippen LogP contribution in [0.5, 0.6) is 0 Å². The number of amides is 1. The van der Waals surface area contributed by atoms with E-state index >= 15 is 0 Å². The normalized spacial score (nSPS) is 11.4. The van der Waals surface area contributed by atoms with Gasteiger partial charge < -0.3 is 0 Å². The standard InChI is InChI=1S/C11H15N3O3S/c1-3-12-11(14(2)18(16)17)13-10(15)9-7-5-4-6-8-9/h4-8,18H,3H2,1-2H3,(H,12,13,15). The third-order valence-corrected chi connectivity index (χ3v) is 2.80. The first-order valence-corrected chi connectivity index (χ1v) is 6.48. The highest BCUT2D eigenvalue weighted by Gasteiger charge is 2.13. The van der Waals surface area contributed by atoms with E-state index in [1.54, 1.807) is 37.3 Å². The molecule has 1 aromatic carbocycles. The molecule has 0 saturated heterocycles. The molecule has 1 amide bonds. The van der Waals surface area contributed by atoms with Crippen LogP contribution in [-0.2, 0) is 10.9 Å². The van der Waals surface area contributed by atoms with Crippen molar-refractivity contribution in [2.45, 2.75) is 6.92 Å². The molecular weight excluding hydrogens is 254 g/mol. The van der Waals surface area contributed by atoms with Crippen LogP contribution in [0.4, 0.5) is 0 Å². The summed E-state index contributed by atoms with van der Waals surface area (Å²) in [5, 5.41) is 2.47. The summed E-state index contributed by atoms with van der Waals surface area (Å²) in [6, 6.07) is 8.51. The van der Waals surface area contributed by atoms with Crippen LogP contribution in [0.3, 0.4) is 0 Å². The molecule has 0 spiro atoms. The molecule has 0 aromatic heterocycles. The summed E-state index contributed by atoms with van der Waals surface area (Å²) in [6.45, 7) is 2.12. The second-order valence-electron chi connectivity index (χ2n) is 3.38. The van der Waals surface area contributed by atoms with E-state index in [-0.39, 0.29) is 5.96 Å². The lowest BCUT2D eigenvalue weighted by molar-refractivity contribution is 0.0974. The summed E-state index contributed by atoms with van der Waals surface area (Å²) < 4.78 is 22.6. The van der Waals surface area contributed by atoms with E-state index in [1.807, 2.05) is 0 Å². The highest BCUT2D eigenvalue weighted by Crippen LogP contribution is 1.98. The van der Waals surface area contributed by atoms with Gasteiger partial charge in [-0.2, -0.15) is 0 Å². The van der Waals surface area contributed by atoms with Crippen LogP contribution in [0.2, 0.25) is 0 Å². The quantitative estimate of drug-likeness (QED) is 0.469. The van der Waals surface area contributed by atoms with Gasteiger partial charge in [-0.1, -0.05) is 18.2 Å². The smallest absolute Gasteiger partial charge is 0.257 e. The van der Waals surface area contributed by atoms with Gasteiger partial charge in [0.05, 0.1) is 0 Å². The zero-order valence-electron chi connectivity index (χ0n) is 10.2. The molecule has 6 nitrogen and oxygen atoms in total. The van der Waals surface area contributed by atoms with E-state index in [2.05, 4.69) is 10.3 Å². The second-order valence-corrected chi connectivity index (χ2v) is 4.46. The Balaban J connectivity index is 2.86. The summed E-state index contributed by atoms with van der Waals surface area (Å²) in [7, 11) is -1.50. The third-order valence-electron chi connectivity index (χ3n) is 2.12. The minimum atomic E-state index is -2.82. The predicted molar refractivity (Wildman–Crippen MR) is 70.0 cm³/mol. The van der Waals surface area contributed by atoms with E-state index in [0.29, 0.717) is 12.1 Å². The first kappa shape index (κ1) is 14.2. The van der Waals surface area contributed by atoms with Crippen LogP contribution in [0.1, 0.15) is 17.3 Å². The first-order valence-electron chi connectivity index (χ1n) is 5.35. The molecule has 1 aromatic rings. The van der Waals surface area contributed by atoms with E-state index in [9.17, 15) is 13.2 Å². The summed E-state index contributed by atoms with van der Waals surface area (Å²) >= 11 is 0. The molecule has 0 aliphatic rings. The molecule has 0 saturated carbocycles. The number of benzene rings is 1. The number of thiol groups is 1. The predicted octanol–water partition coefficient (Wildman–Crippen LogP) is 0.251. The maximum absolute atomic E-state index is 11.8. The van der Waals surface area contributed by atoms with E-state index in [1.165, 1.54) is 7.05 Å². The lowest BCUT2D eigenvalue weighted by Crippen LogP contribution is -2.41. The topological polar surface area (TPSA) is 78.8 Å². The highest BCUT2D eigenvalue weighted by molar-refractivity contribution is 7.70. The second kappa shape index (κ2) is 6.75. The molecule has 0 heterocycles. The van der Waals surface area contributed by atoms with Crippen molar-refractivity contribution in [3.63, 3.8) is 0 Å². The molecule has 1 N–H and O–H groups in total. The van der Waals surface area contributed by atoms with Crippen LogP contribution < -0.4 is 5.32 Å². The fraction of sp³-hybridized carbons (Fsp3) is 0.273. The number of carbonyl (C=O) groups is 1. The number of hydrogen-bond acceptors (Lipinski definition) is 4. The molecule has 98 valence electrons. The van der Waals surface area contributed by atoms with Crippen molar-refractivity contribution >= 4 is 22.8 Å². The summed E-state index contributed by atoms with van der Waals surface area (Å²) in [5.74, 6) is -0.381. The van der Waals surface area contributed by atoms with Gasteiger partial charge in [0.2, 0.25) is 16.8 Å². The number of nitrogens with one attached hydrogen (secondary N) is 1. The monoisotopic (exact) mass is 269 g/mol. The van der Waals surface area contributed by atoms with Crippen molar-refractivity contribution in [2.75, 3.05) is 13.6 Å². The number of rotatable bonds is 3. The van der Waals surface area contributed by atoms with Crippen molar-refractivity contribution in [1.29, 1.82) is 0 Å². The summed E-state index contributed by atoms with van der Waals surface area (Å²) in [4.78, 5) is 15.8. The van der Waals surface area contributed by atoms with E-state index < -0.39 is 16.8 Å². The number of carbonyl (C=O) groups excluding carboxylic acids is 1. The van der Waals surface area contributed by atoms with Crippen molar-refractivity contribution in [3.05, 3.63) is 35.9 Å². The highest BCUT2D eigenvalue weighted by atomic mass is 32.2. The van der Waals surface area contributed by atoms with Crippen LogP contribution in [0.15, 0.2) is 35.3 Å². The van der Waals surface area contributed by atoms with Gasteiger partial charge in [-0.3, -0.25) is 15.1 Å². The summed E-state index contributed by atoms with van der Waals surface area (Å²) in [5.41, 5.74) is 0.441. The van der Waals surface area contributed by atoms with Gasteiger partial charge in [-0.15, -0.1) is 0 Å². The van der Waals surface area contributed by atoms with Gasteiger partial charge in [0.15, 0.2) is 0 Å². The maximum atomic E-state index is 11.8. The lowest BCUT2D eigenvalue weighted by Gasteiger charge is -2.15. The van der Waals surface area contributed by atoms with Gasteiger partial charge in [0.1, 0.15) is 0 Å². The van der Waals surface area contributed by atoms with Gasteiger partial charge in [0.25, 0.3) is 5.91 Å². The van der Waals surface area contributed by atoms with E-state index in [4.69, 9.17) is 0 Å². The van der Waals surface area contributed by atoms with Crippen molar-refractivity contribution in [1.82, 2.24) is 9.62 Å². The fourth-order valence-electron chi connectivity index (χ4n) is 1.21. The molecule has 0 bridgehead atoms. The van der Waals surface area contributed by atoms with Crippen LogP contribution in [0, 0.1) is 0 Å². The van der Waals surface area contributed by atoms with Crippen LogP contribution >= 0.6 is 0 Å². The molecule has 0 aliphatic heterocycles. The van der Waals surface area contributed by atoms with Gasteiger partial charge in [0, 0.05) is 19.2 Å². The van der Waals surface area contributed by atoms with Crippen molar-refractivity contribution in [2.24, 2.45) is 4.99 Å². The lowest BCUT2D eigenvalue weighted by atomic mass is 10.2. The minimum absolute atomic E-state index is 0.0162. The largest absolute Gasteiger partial charge is 0.292 e. The molecule has 0 aliphatic carbocycles. The van der Waals surface area contributed by atoms with Crippen LogP contribution in [-0.4, -0.2) is 38.2 Å². The maximum Gasteiger partial charge on any atom is 0.257 e. The van der Waals surface area contributed by atoms with Gasteiger partial charge in [-0.05, 0) is 19.1 Å². The van der Waals surface area contributed by atoms with Crippen LogP contribution in [0.25, 0.3) is 0 Å². The summed E-state index contributed by atoms with van der Waals surface area (Å²) in [6.07, 6.45) is 0. The number of aliphatic imine (C=N–C) groups is 1. The van der Waals surface area contributed by atoms with Gasteiger partial charge >= 0.3 is 0 Å². The Labute approximate surface area is 107 Å². The Hall–Kier alpha value is -1.89. The first-order chi connectivity index (χ1) is 8.56. The average molecular weight is 269 g/mol. The third kappa shape index (κ3) is 3.85. The molecule has 18 heavy (non-hydrogen) atoms. The molecule has 1 rings (SSSR count). The zero-order chi connectivity index (χ0) is 13.5. The van der Waals surface area contributed by atoms with Crippen molar-refractivity contribution < 1.29 is 13.2 Å². The SMILES string of the molecule is CC/N=C(/NC(=O)c1ccccc1)N(C)[SH](=O)=O. The molecule has 0 unspecified atom stereocenters.